The molecule has 2 rings (SSSR count). The zero-order valence-corrected chi connectivity index (χ0v) is 9.22. The van der Waals surface area contributed by atoms with E-state index in [0.29, 0.717) is 10.8 Å². The third kappa shape index (κ3) is 3.07. The summed E-state index contributed by atoms with van der Waals surface area (Å²) in [7, 11) is 0. The molecule has 0 radical (unpaired) electrons. The van der Waals surface area contributed by atoms with Gasteiger partial charge in [-0.1, -0.05) is 29.8 Å². The van der Waals surface area contributed by atoms with Crippen LogP contribution in [0.25, 0.3) is 0 Å². The van der Waals surface area contributed by atoms with Crippen LogP contribution in [-0.2, 0) is 0 Å². The number of hydrogen-bond donors (Lipinski definition) is 1. The quantitative estimate of drug-likeness (QED) is 0.651. The van der Waals surface area contributed by atoms with E-state index in [2.05, 4.69) is 15.5 Å². The summed E-state index contributed by atoms with van der Waals surface area (Å²) in [5, 5.41) is 4.75. The fraction of sp³-hybridized carbons (Fsp3) is 0. The first-order chi connectivity index (χ1) is 7.84. The van der Waals surface area contributed by atoms with Crippen molar-refractivity contribution in [3.8, 4) is 0 Å². The number of halogens is 1. The van der Waals surface area contributed by atoms with Crippen molar-refractivity contribution < 1.29 is 0 Å². The van der Waals surface area contributed by atoms with Gasteiger partial charge in [0.15, 0.2) is 0 Å². The molecule has 0 unspecified atom stereocenters. The van der Waals surface area contributed by atoms with Gasteiger partial charge in [-0.05, 0) is 29.8 Å². The third-order valence-corrected chi connectivity index (χ3v) is 2.14. The number of benzene rings is 1. The summed E-state index contributed by atoms with van der Waals surface area (Å²) in [4.78, 5) is 4.08. The minimum atomic E-state index is 0.696. The number of nitrogens with zero attached hydrogens (tertiary/aromatic N) is 2. The zero-order chi connectivity index (χ0) is 11.2. The van der Waals surface area contributed by atoms with E-state index in [1.165, 1.54) is 0 Å². The fourth-order valence-corrected chi connectivity index (χ4v) is 1.39. The summed E-state index contributed by atoms with van der Waals surface area (Å²) in [6.07, 6.45) is 3.40. The van der Waals surface area contributed by atoms with Gasteiger partial charge in [-0.25, -0.2) is 4.98 Å². The molecular weight excluding hydrogens is 222 g/mol. The minimum Gasteiger partial charge on any atom is -0.261 e. The van der Waals surface area contributed by atoms with Crippen LogP contribution >= 0.6 is 11.6 Å². The molecule has 1 N–H and O–H groups in total. The van der Waals surface area contributed by atoms with E-state index in [4.69, 9.17) is 11.6 Å². The summed E-state index contributed by atoms with van der Waals surface area (Å²) < 4.78 is 0. The normalized spacial score (nSPS) is 10.6. The molecule has 2 aromatic rings. The Morgan fingerprint density at radius 3 is 2.88 bits per heavy atom. The molecule has 4 heteroatoms. The van der Waals surface area contributed by atoms with Crippen LogP contribution in [0.1, 0.15) is 5.56 Å². The van der Waals surface area contributed by atoms with Crippen LogP contribution in [0, 0.1) is 0 Å². The highest BCUT2D eigenvalue weighted by Crippen LogP contribution is 2.08. The first-order valence-electron chi connectivity index (χ1n) is 4.80. The average Bonchev–Trinajstić information content (AvgIpc) is 2.30. The predicted molar refractivity (Wildman–Crippen MR) is 66.9 cm³/mol. The van der Waals surface area contributed by atoms with Crippen molar-refractivity contribution in [2.45, 2.75) is 0 Å². The summed E-state index contributed by atoms with van der Waals surface area (Å²) >= 11 is 5.85. The molecule has 0 aliphatic rings. The Hall–Kier alpha value is -1.87. The summed E-state index contributed by atoms with van der Waals surface area (Å²) in [5.41, 5.74) is 3.77. The van der Waals surface area contributed by atoms with Crippen molar-refractivity contribution in [1.82, 2.24) is 4.98 Å². The summed E-state index contributed by atoms with van der Waals surface area (Å²) in [6, 6.07) is 13.1. The Balaban J connectivity index is 2.00. The van der Waals surface area contributed by atoms with Crippen molar-refractivity contribution in [3.05, 3.63) is 59.2 Å². The number of hydrazone groups is 1. The van der Waals surface area contributed by atoms with E-state index in [1.807, 2.05) is 42.5 Å². The maximum Gasteiger partial charge on any atom is 0.146 e. The molecule has 0 fully saturated rings. The van der Waals surface area contributed by atoms with Crippen LogP contribution in [0.5, 0.6) is 0 Å². The molecule has 0 spiro atoms. The van der Waals surface area contributed by atoms with Gasteiger partial charge in [0, 0.05) is 11.2 Å². The maximum absolute atomic E-state index is 5.85. The number of anilines is 1. The average molecular weight is 232 g/mol. The van der Waals surface area contributed by atoms with Gasteiger partial charge < -0.3 is 0 Å². The Kier molecular flexibility index (Phi) is 3.51. The second kappa shape index (κ2) is 5.28. The molecule has 3 nitrogen and oxygen atoms in total. The van der Waals surface area contributed by atoms with Crippen LogP contribution in [0.15, 0.2) is 53.8 Å². The van der Waals surface area contributed by atoms with Gasteiger partial charge in [0.25, 0.3) is 0 Å². The van der Waals surface area contributed by atoms with E-state index in [-0.39, 0.29) is 0 Å². The number of hydrogen-bond acceptors (Lipinski definition) is 3. The molecule has 0 bridgehead atoms. The van der Waals surface area contributed by atoms with Crippen molar-refractivity contribution in [2.75, 3.05) is 5.43 Å². The molecule has 0 saturated carbocycles. The van der Waals surface area contributed by atoms with Crippen LogP contribution in [0.4, 0.5) is 5.82 Å². The maximum atomic E-state index is 5.85. The highest BCUT2D eigenvalue weighted by molar-refractivity contribution is 6.30. The molecule has 0 aliphatic heterocycles. The van der Waals surface area contributed by atoms with E-state index in [1.54, 1.807) is 12.4 Å². The van der Waals surface area contributed by atoms with Gasteiger partial charge in [-0.15, -0.1) is 0 Å². The topological polar surface area (TPSA) is 37.3 Å². The number of rotatable bonds is 3. The predicted octanol–water partition coefficient (Wildman–Crippen LogP) is 3.18. The molecule has 0 aliphatic carbocycles. The second-order valence-electron chi connectivity index (χ2n) is 3.14. The standard InChI is InChI=1S/C12H10ClN3/c13-11-5-3-4-10(8-11)9-15-16-12-6-1-2-7-14-12/h1-9H,(H,14,16)/b15-9+. The first kappa shape index (κ1) is 10.6. The molecule has 1 aromatic heterocycles. The Morgan fingerprint density at radius 1 is 1.19 bits per heavy atom. The molecule has 0 saturated heterocycles. The number of nitrogens with one attached hydrogen (secondary N) is 1. The van der Waals surface area contributed by atoms with Crippen molar-refractivity contribution in [2.24, 2.45) is 5.10 Å². The Bertz CT molecular complexity index is 483. The molecule has 0 atom stereocenters. The van der Waals surface area contributed by atoms with Crippen LogP contribution in [-0.4, -0.2) is 11.2 Å². The molecule has 16 heavy (non-hydrogen) atoms. The Morgan fingerprint density at radius 2 is 2.12 bits per heavy atom. The highest BCUT2D eigenvalue weighted by Gasteiger charge is 1.90. The zero-order valence-electron chi connectivity index (χ0n) is 8.47. The van der Waals surface area contributed by atoms with Gasteiger partial charge in [-0.3, -0.25) is 5.43 Å². The van der Waals surface area contributed by atoms with Gasteiger partial charge in [0.2, 0.25) is 0 Å². The van der Waals surface area contributed by atoms with E-state index in [9.17, 15) is 0 Å². The van der Waals surface area contributed by atoms with Gasteiger partial charge in [0.1, 0.15) is 5.82 Å². The molecular formula is C12H10ClN3. The number of pyridine rings is 1. The SMILES string of the molecule is Clc1cccc(/C=N/Nc2ccccn2)c1. The van der Waals surface area contributed by atoms with Crippen molar-refractivity contribution >= 4 is 23.6 Å². The monoisotopic (exact) mass is 231 g/mol. The van der Waals surface area contributed by atoms with E-state index >= 15 is 0 Å². The lowest BCUT2D eigenvalue weighted by Crippen LogP contribution is -1.92. The van der Waals surface area contributed by atoms with Crippen LogP contribution in [0.2, 0.25) is 5.02 Å². The van der Waals surface area contributed by atoms with Crippen LogP contribution in [0.3, 0.4) is 0 Å². The van der Waals surface area contributed by atoms with E-state index < -0.39 is 0 Å². The third-order valence-electron chi connectivity index (χ3n) is 1.91. The molecule has 0 amide bonds. The second-order valence-corrected chi connectivity index (χ2v) is 3.58. The highest BCUT2D eigenvalue weighted by atomic mass is 35.5. The summed E-state index contributed by atoms with van der Waals surface area (Å²) in [5.74, 6) is 0.709. The lowest BCUT2D eigenvalue weighted by atomic mass is 10.2. The Labute approximate surface area is 98.8 Å². The molecule has 80 valence electrons. The fourth-order valence-electron chi connectivity index (χ4n) is 1.19. The van der Waals surface area contributed by atoms with Gasteiger partial charge in [0.05, 0.1) is 6.21 Å². The summed E-state index contributed by atoms with van der Waals surface area (Å²) in [6.45, 7) is 0. The van der Waals surface area contributed by atoms with Crippen molar-refractivity contribution in [3.63, 3.8) is 0 Å². The smallest absolute Gasteiger partial charge is 0.146 e. The minimum absolute atomic E-state index is 0.696. The van der Waals surface area contributed by atoms with Gasteiger partial charge in [-0.2, -0.15) is 5.10 Å². The number of aromatic nitrogens is 1. The van der Waals surface area contributed by atoms with Crippen molar-refractivity contribution in [1.29, 1.82) is 0 Å². The first-order valence-corrected chi connectivity index (χ1v) is 5.18. The van der Waals surface area contributed by atoms with Gasteiger partial charge >= 0.3 is 0 Å². The largest absolute Gasteiger partial charge is 0.261 e. The lowest BCUT2D eigenvalue weighted by Gasteiger charge is -1.97. The van der Waals surface area contributed by atoms with E-state index in [0.717, 1.165) is 5.56 Å². The molecule has 1 heterocycles. The molecule has 1 aromatic carbocycles. The van der Waals surface area contributed by atoms with Crippen LogP contribution < -0.4 is 5.43 Å². The lowest BCUT2D eigenvalue weighted by molar-refractivity contribution is 1.23.